The lowest BCUT2D eigenvalue weighted by molar-refractivity contribution is 0.0723. The van der Waals surface area contributed by atoms with Gasteiger partial charge in [0.25, 0.3) is 5.91 Å². The van der Waals surface area contributed by atoms with E-state index in [0.717, 1.165) is 44.4 Å². The highest BCUT2D eigenvalue weighted by Crippen LogP contribution is 2.30. The highest BCUT2D eigenvalue weighted by atomic mass is 35.5. The number of benzene rings is 1. The molecule has 1 amide bonds. The van der Waals surface area contributed by atoms with Crippen molar-refractivity contribution in [3.8, 4) is 0 Å². The van der Waals surface area contributed by atoms with E-state index in [9.17, 15) is 13.6 Å². The minimum absolute atomic E-state index is 0.151. The van der Waals surface area contributed by atoms with Crippen molar-refractivity contribution in [3.63, 3.8) is 0 Å². The van der Waals surface area contributed by atoms with Crippen LogP contribution in [0, 0.1) is 11.6 Å². The molecular formula is C15H17ClF2N2O. The summed E-state index contributed by atoms with van der Waals surface area (Å²) in [4.78, 5) is 14.2. The maximum absolute atomic E-state index is 13.9. The van der Waals surface area contributed by atoms with Gasteiger partial charge >= 0.3 is 0 Å². The maximum Gasteiger partial charge on any atom is 0.257 e. The van der Waals surface area contributed by atoms with Crippen molar-refractivity contribution in [2.75, 3.05) is 13.1 Å². The minimum atomic E-state index is -0.767. The third-order valence-corrected chi connectivity index (χ3v) is 4.36. The Morgan fingerprint density at radius 2 is 2.05 bits per heavy atom. The normalized spacial score (nSPS) is 21.6. The number of nitrogens with zero attached hydrogens (tertiary/aromatic N) is 1. The standard InChI is InChI=1S/C15H17ClF2N2O/c16-12-7-13(17)11(6-14(12)18)15(21)20(10-3-4-10)8-9-2-1-5-19-9/h6-7,9-10,19H,1-5,8H2. The lowest BCUT2D eigenvalue weighted by atomic mass is 10.1. The monoisotopic (exact) mass is 314 g/mol. The molecular weight excluding hydrogens is 298 g/mol. The Hall–Kier alpha value is -1.20. The van der Waals surface area contributed by atoms with E-state index < -0.39 is 17.5 Å². The molecule has 1 aromatic rings. The molecule has 3 rings (SSSR count). The maximum atomic E-state index is 13.9. The van der Waals surface area contributed by atoms with E-state index >= 15 is 0 Å². The Bertz CT molecular complexity index is 557. The van der Waals surface area contributed by atoms with Crippen LogP contribution in [-0.2, 0) is 0 Å². The van der Waals surface area contributed by atoms with E-state index in [-0.39, 0.29) is 22.7 Å². The van der Waals surface area contributed by atoms with Gasteiger partial charge in [-0.15, -0.1) is 0 Å². The molecule has 21 heavy (non-hydrogen) atoms. The summed E-state index contributed by atoms with van der Waals surface area (Å²) >= 11 is 5.53. The fourth-order valence-corrected chi connectivity index (χ4v) is 2.93. The number of nitrogens with one attached hydrogen (secondary N) is 1. The average Bonchev–Trinajstić information content (AvgIpc) is 3.16. The van der Waals surface area contributed by atoms with Gasteiger partial charge in [-0.05, 0) is 44.4 Å². The smallest absolute Gasteiger partial charge is 0.257 e. The van der Waals surface area contributed by atoms with Crippen molar-refractivity contribution >= 4 is 17.5 Å². The molecule has 1 aromatic carbocycles. The van der Waals surface area contributed by atoms with Gasteiger partial charge in [0.2, 0.25) is 0 Å². The highest BCUT2D eigenvalue weighted by molar-refractivity contribution is 6.30. The van der Waals surface area contributed by atoms with Crippen LogP contribution in [-0.4, -0.2) is 36.0 Å². The van der Waals surface area contributed by atoms with Crippen molar-refractivity contribution < 1.29 is 13.6 Å². The molecule has 1 atom stereocenters. The van der Waals surface area contributed by atoms with Crippen LogP contribution >= 0.6 is 11.6 Å². The van der Waals surface area contributed by atoms with Crippen LogP contribution in [0.1, 0.15) is 36.0 Å². The summed E-state index contributed by atoms with van der Waals surface area (Å²) in [5, 5.41) is 3.02. The molecule has 0 radical (unpaired) electrons. The van der Waals surface area contributed by atoms with Crippen LogP contribution in [0.5, 0.6) is 0 Å². The molecule has 2 aliphatic rings. The van der Waals surface area contributed by atoms with Gasteiger partial charge in [-0.1, -0.05) is 11.6 Å². The van der Waals surface area contributed by atoms with Crippen molar-refractivity contribution in [2.45, 2.75) is 37.8 Å². The van der Waals surface area contributed by atoms with Crippen LogP contribution in [0.2, 0.25) is 5.02 Å². The van der Waals surface area contributed by atoms with E-state index in [2.05, 4.69) is 5.32 Å². The van der Waals surface area contributed by atoms with Crippen LogP contribution < -0.4 is 5.32 Å². The Balaban J connectivity index is 1.82. The Morgan fingerprint density at radius 3 is 2.67 bits per heavy atom. The zero-order valence-electron chi connectivity index (χ0n) is 11.5. The van der Waals surface area contributed by atoms with Gasteiger partial charge in [0, 0.05) is 18.6 Å². The van der Waals surface area contributed by atoms with Gasteiger partial charge in [-0.3, -0.25) is 4.79 Å². The van der Waals surface area contributed by atoms with E-state index in [1.807, 2.05) is 0 Å². The largest absolute Gasteiger partial charge is 0.334 e. The van der Waals surface area contributed by atoms with Crippen LogP contribution in [0.3, 0.4) is 0 Å². The number of amides is 1. The number of halogens is 3. The molecule has 1 heterocycles. The number of carbonyl (C=O) groups excluding carboxylic acids is 1. The fraction of sp³-hybridized carbons (Fsp3) is 0.533. The first-order valence-electron chi connectivity index (χ1n) is 7.25. The molecule has 2 fully saturated rings. The molecule has 1 aliphatic heterocycles. The second kappa shape index (κ2) is 5.89. The van der Waals surface area contributed by atoms with Crippen molar-refractivity contribution in [2.24, 2.45) is 0 Å². The van der Waals surface area contributed by atoms with Gasteiger partial charge in [0.05, 0.1) is 10.6 Å². The van der Waals surface area contributed by atoms with Gasteiger partial charge < -0.3 is 10.2 Å². The van der Waals surface area contributed by atoms with Crippen LogP contribution in [0.25, 0.3) is 0 Å². The molecule has 0 bridgehead atoms. The van der Waals surface area contributed by atoms with Crippen LogP contribution in [0.4, 0.5) is 8.78 Å². The van der Waals surface area contributed by atoms with Gasteiger partial charge in [0.15, 0.2) is 0 Å². The lowest BCUT2D eigenvalue weighted by Gasteiger charge is -2.26. The summed E-state index contributed by atoms with van der Waals surface area (Å²) in [7, 11) is 0. The molecule has 0 aromatic heterocycles. The summed E-state index contributed by atoms with van der Waals surface area (Å²) in [6, 6.07) is 2.16. The molecule has 1 saturated heterocycles. The van der Waals surface area contributed by atoms with Crippen LogP contribution in [0.15, 0.2) is 12.1 Å². The van der Waals surface area contributed by atoms with Crippen molar-refractivity contribution in [1.82, 2.24) is 10.2 Å². The summed E-state index contributed by atoms with van der Waals surface area (Å²) < 4.78 is 27.4. The van der Waals surface area contributed by atoms with E-state index in [4.69, 9.17) is 11.6 Å². The second-order valence-corrected chi connectivity index (χ2v) is 6.14. The molecule has 1 aliphatic carbocycles. The SMILES string of the molecule is O=C(c1cc(F)c(Cl)cc1F)N(CC1CCCN1)C1CC1. The predicted octanol–water partition coefficient (Wildman–Crippen LogP) is 2.97. The van der Waals surface area contributed by atoms with E-state index in [0.29, 0.717) is 6.54 Å². The molecule has 1 saturated carbocycles. The fourth-order valence-electron chi connectivity index (χ4n) is 2.78. The Labute approximate surface area is 127 Å². The van der Waals surface area contributed by atoms with Crippen molar-refractivity contribution in [1.29, 1.82) is 0 Å². The average molecular weight is 315 g/mol. The Kier molecular flexibility index (Phi) is 4.13. The first-order valence-corrected chi connectivity index (χ1v) is 7.63. The zero-order valence-corrected chi connectivity index (χ0v) is 12.3. The zero-order chi connectivity index (χ0) is 15.0. The third-order valence-electron chi connectivity index (χ3n) is 4.07. The number of carbonyl (C=O) groups is 1. The quantitative estimate of drug-likeness (QED) is 0.867. The summed E-state index contributed by atoms with van der Waals surface area (Å²) in [6.45, 7) is 1.49. The predicted molar refractivity (Wildman–Crippen MR) is 76.5 cm³/mol. The molecule has 0 spiro atoms. The topological polar surface area (TPSA) is 32.3 Å². The molecule has 1 unspecified atom stereocenters. The number of hydrogen-bond donors (Lipinski definition) is 1. The van der Waals surface area contributed by atoms with Gasteiger partial charge in [-0.25, -0.2) is 8.78 Å². The first kappa shape index (κ1) is 14.7. The molecule has 1 N–H and O–H groups in total. The summed E-state index contributed by atoms with van der Waals surface area (Å²) in [5.41, 5.74) is -0.234. The highest BCUT2D eigenvalue weighted by Gasteiger charge is 2.36. The van der Waals surface area contributed by atoms with Crippen molar-refractivity contribution in [3.05, 3.63) is 34.4 Å². The van der Waals surface area contributed by atoms with E-state index in [1.165, 1.54) is 0 Å². The summed E-state index contributed by atoms with van der Waals surface area (Å²) in [6.07, 6.45) is 3.95. The number of hydrogen-bond acceptors (Lipinski definition) is 2. The molecule has 3 nitrogen and oxygen atoms in total. The minimum Gasteiger partial charge on any atom is -0.334 e. The van der Waals surface area contributed by atoms with E-state index in [1.54, 1.807) is 4.90 Å². The second-order valence-electron chi connectivity index (χ2n) is 5.73. The first-order chi connectivity index (χ1) is 10.1. The third kappa shape index (κ3) is 3.19. The Morgan fingerprint density at radius 1 is 1.29 bits per heavy atom. The summed E-state index contributed by atoms with van der Waals surface area (Å²) in [5.74, 6) is -1.98. The lowest BCUT2D eigenvalue weighted by Crippen LogP contribution is -2.42. The molecule has 114 valence electrons. The number of rotatable bonds is 4. The molecule has 6 heteroatoms. The van der Waals surface area contributed by atoms with Gasteiger partial charge in [-0.2, -0.15) is 0 Å². The van der Waals surface area contributed by atoms with Gasteiger partial charge in [0.1, 0.15) is 11.6 Å².